The van der Waals surface area contributed by atoms with Crippen LogP contribution in [0.3, 0.4) is 0 Å². The zero-order valence-electron chi connectivity index (χ0n) is 10.6. The number of rotatable bonds is 5. The number of hydrogen-bond acceptors (Lipinski definition) is 4. The highest BCUT2D eigenvalue weighted by molar-refractivity contribution is 7.99. The van der Waals surface area contributed by atoms with Crippen LogP contribution in [0.15, 0.2) is 38.6 Å². The number of thioether (sulfide) groups is 1. The summed E-state index contributed by atoms with van der Waals surface area (Å²) in [7, 11) is 0. The largest absolute Gasteiger partial charge is 0.494 e. The zero-order valence-corrected chi connectivity index (χ0v) is 11.4. The highest BCUT2D eigenvalue weighted by Gasteiger charge is 2.06. The van der Waals surface area contributed by atoms with Crippen LogP contribution >= 0.6 is 11.8 Å². The van der Waals surface area contributed by atoms with Crippen molar-refractivity contribution in [1.82, 2.24) is 0 Å². The Bertz CT molecular complexity index is 589. The van der Waals surface area contributed by atoms with Gasteiger partial charge in [0.1, 0.15) is 11.3 Å². The Morgan fingerprint density at radius 2 is 2.11 bits per heavy atom. The van der Waals surface area contributed by atoms with Gasteiger partial charge in [-0.1, -0.05) is 18.7 Å². The predicted molar refractivity (Wildman–Crippen MR) is 74.7 cm³/mol. The van der Waals surface area contributed by atoms with Crippen LogP contribution in [-0.2, 0) is 0 Å². The molecule has 0 aliphatic carbocycles. The molecule has 2 aromatic rings. The highest BCUT2D eigenvalue weighted by atomic mass is 32.2. The Morgan fingerprint density at radius 3 is 2.83 bits per heavy atom. The van der Waals surface area contributed by atoms with Gasteiger partial charge in [0.25, 0.3) is 0 Å². The molecule has 1 aromatic heterocycles. The Morgan fingerprint density at radius 1 is 1.28 bits per heavy atom. The van der Waals surface area contributed by atoms with Crippen molar-refractivity contribution in [2.45, 2.75) is 25.4 Å². The third-order valence-corrected chi connectivity index (χ3v) is 3.54. The van der Waals surface area contributed by atoms with E-state index in [0.717, 1.165) is 17.9 Å². The van der Waals surface area contributed by atoms with Crippen molar-refractivity contribution in [1.29, 1.82) is 0 Å². The molecule has 1 heterocycles. The lowest BCUT2D eigenvalue weighted by atomic mass is 10.2. The van der Waals surface area contributed by atoms with E-state index in [-0.39, 0.29) is 5.43 Å². The second-order valence-corrected chi connectivity index (χ2v) is 4.97. The fraction of sp³-hybridized carbons (Fsp3) is 0.357. The molecule has 0 atom stereocenters. The maximum Gasteiger partial charge on any atom is 0.193 e. The molecule has 0 radical (unpaired) electrons. The summed E-state index contributed by atoms with van der Waals surface area (Å²) in [5.74, 6) is 1.67. The highest BCUT2D eigenvalue weighted by Crippen LogP contribution is 2.24. The minimum absolute atomic E-state index is 0.00194. The molecule has 0 bridgehead atoms. The van der Waals surface area contributed by atoms with Crippen molar-refractivity contribution < 1.29 is 9.15 Å². The van der Waals surface area contributed by atoms with Gasteiger partial charge < -0.3 is 9.15 Å². The molecule has 96 valence electrons. The van der Waals surface area contributed by atoms with Gasteiger partial charge >= 0.3 is 0 Å². The van der Waals surface area contributed by atoms with Crippen LogP contribution in [0.5, 0.6) is 5.75 Å². The van der Waals surface area contributed by atoms with Crippen molar-refractivity contribution in [3.63, 3.8) is 0 Å². The standard InChI is InChI=1S/C14H16O3S/c1-3-7-18-14-9-12(15)11-6-5-10(16-4-2)8-13(11)17-14/h5-6,8-9H,3-4,7H2,1-2H3. The second-order valence-electron chi connectivity index (χ2n) is 3.87. The van der Waals surface area contributed by atoms with Gasteiger partial charge in [-0.3, -0.25) is 4.79 Å². The molecule has 0 saturated carbocycles. The SMILES string of the molecule is CCCSc1cc(=O)c2ccc(OCC)cc2o1. The molecule has 0 aliphatic heterocycles. The molecule has 2 rings (SSSR count). The van der Waals surface area contributed by atoms with Crippen molar-refractivity contribution >= 4 is 22.7 Å². The summed E-state index contributed by atoms with van der Waals surface area (Å²) < 4.78 is 11.1. The fourth-order valence-electron chi connectivity index (χ4n) is 1.64. The Kier molecular flexibility index (Phi) is 4.31. The number of benzene rings is 1. The summed E-state index contributed by atoms with van der Waals surface area (Å²) in [5, 5.41) is 1.27. The summed E-state index contributed by atoms with van der Waals surface area (Å²) in [6, 6.07) is 6.88. The lowest BCUT2D eigenvalue weighted by Gasteiger charge is -2.05. The summed E-state index contributed by atoms with van der Waals surface area (Å²) >= 11 is 1.56. The Labute approximate surface area is 110 Å². The summed E-state index contributed by atoms with van der Waals surface area (Å²) in [6.45, 7) is 4.62. The van der Waals surface area contributed by atoms with E-state index < -0.39 is 0 Å². The Balaban J connectivity index is 2.44. The lowest BCUT2D eigenvalue weighted by molar-refractivity contribution is 0.340. The van der Waals surface area contributed by atoms with Crippen molar-refractivity contribution in [2.75, 3.05) is 12.4 Å². The maximum atomic E-state index is 11.9. The van der Waals surface area contributed by atoms with Gasteiger partial charge in [0, 0.05) is 17.9 Å². The van der Waals surface area contributed by atoms with Gasteiger partial charge in [-0.15, -0.1) is 0 Å². The van der Waals surface area contributed by atoms with E-state index in [1.807, 2.05) is 6.92 Å². The number of hydrogen-bond donors (Lipinski definition) is 0. The van der Waals surface area contributed by atoms with E-state index >= 15 is 0 Å². The summed E-state index contributed by atoms with van der Waals surface area (Å²) in [6.07, 6.45) is 1.05. The average molecular weight is 264 g/mol. The molecule has 3 nitrogen and oxygen atoms in total. The number of fused-ring (bicyclic) bond motifs is 1. The third kappa shape index (κ3) is 2.88. The maximum absolute atomic E-state index is 11.9. The molecule has 0 N–H and O–H groups in total. The van der Waals surface area contributed by atoms with Crippen LogP contribution in [0.2, 0.25) is 0 Å². The lowest BCUT2D eigenvalue weighted by Crippen LogP contribution is -2.00. The first-order valence-electron chi connectivity index (χ1n) is 6.08. The molecular formula is C14H16O3S. The fourth-order valence-corrected chi connectivity index (χ4v) is 2.39. The van der Waals surface area contributed by atoms with E-state index in [9.17, 15) is 4.79 Å². The monoisotopic (exact) mass is 264 g/mol. The van der Waals surface area contributed by atoms with Crippen LogP contribution in [0.4, 0.5) is 0 Å². The smallest absolute Gasteiger partial charge is 0.193 e. The normalized spacial score (nSPS) is 10.8. The van der Waals surface area contributed by atoms with E-state index in [1.165, 1.54) is 0 Å². The number of ether oxygens (including phenoxy) is 1. The second kappa shape index (κ2) is 5.96. The average Bonchev–Trinajstić information content (AvgIpc) is 2.36. The van der Waals surface area contributed by atoms with Crippen LogP contribution in [0, 0.1) is 0 Å². The van der Waals surface area contributed by atoms with E-state index in [0.29, 0.717) is 22.7 Å². The zero-order chi connectivity index (χ0) is 13.0. The van der Waals surface area contributed by atoms with E-state index in [1.54, 1.807) is 36.0 Å². The van der Waals surface area contributed by atoms with Gasteiger partial charge in [0.05, 0.1) is 12.0 Å². The third-order valence-electron chi connectivity index (χ3n) is 2.44. The Hall–Kier alpha value is -1.42. The van der Waals surface area contributed by atoms with Crippen molar-refractivity contribution in [3.05, 3.63) is 34.5 Å². The minimum atomic E-state index is -0.00194. The minimum Gasteiger partial charge on any atom is -0.494 e. The quantitative estimate of drug-likeness (QED) is 0.772. The summed E-state index contributed by atoms with van der Waals surface area (Å²) in [5.41, 5.74) is 0.588. The first-order chi connectivity index (χ1) is 8.74. The molecule has 4 heteroatoms. The molecule has 1 aromatic carbocycles. The first-order valence-corrected chi connectivity index (χ1v) is 7.06. The van der Waals surface area contributed by atoms with Gasteiger partial charge in [-0.05, 0) is 25.5 Å². The van der Waals surface area contributed by atoms with Gasteiger partial charge in [0.2, 0.25) is 0 Å². The van der Waals surface area contributed by atoms with Crippen LogP contribution < -0.4 is 10.2 Å². The van der Waals surface area contributed by atoms with Crippen LogP contribution in [0.25, 0.3) is 11.0 Å². The first kappa shape index (κ1) is 13.0. The molecule has 0 aliphatic rings. The predicted octanol–water partition coefficient (Wildman–Crippen LogP) is 3.69. The van der Waals surface area contributed by atoms with Gasteiger partial charge in [-0.25, -0.2) is 0 Å². The molecule has 18 heavy (non-hydrogen) atoms. The molecule has 0 unspecified atom stereocenters. The van der Waals surface area contributed by atoms with Crippen molar-refractivity contribution in [3.8, 4) is 5.75 Å². The molecular weight excluding hydrogens is 248 g/mol. The van der Waals surface area contributed by atoms with Crippen LogP contribution in [0.1, 0.15) is 20.3 Å². The molecule has 0 saturated heterocycles. The molecule has 0 fully saturated rings. The van der Waals surface area contributed by atoms with Gasteiger partial charge in [-0.2, -0.15) is 0 Å². The summed E-state index contributed by atoms with van der Waals surface area (Å²) in [4.78, 5) is 11.9. The van der Waals surface area contributed by atoms with E-state index in [2.05, 4.69) is 6.92 Å². The van der Waals surface area contributed by atoms with Crippen molar-refractivity contribution in [2.24, 2.45) is 0 Å². The van der Waals surface area contributed by atoms with E-state index in [4.69, 9.17) is 9.15 Å². The molecule has 0 spiro atoms. The topological polar surface area (TPSA) is 39.4 Å². The molecule has 0 amide bonds. The van der Waals surface area contributed by atoms with Gasteiger partial charge in [0.15, 0.2) is 10.5 Å². The van der Waals surface area contributed by atoms with Crippen LogP contribution in [-0.4, -0.2) is 12.4 Å².